The first kappa shape index (κ1) is 16.1. The number of rotatable bonds is 4. The molecule has 1 aliphatic heterocycles. The lowest BCUT2D eigenvalue weighted by Gasteiger charge is -2.27. The minimum atomic E-state index is -0.0518. The summed E-state index contributed by atoms with van der Waals surface area (Å²) in [5.74, 6) is 1.83. The fourth-order valence-electron chi connectivity index (χ4n) is 3.51. The van der Waals surface area contributed by atoms with Crippen molar-refractivity contribution in [2.45, 2.75) is 58.0 Å². The molecule has 0 unspecified atom stereocenters. The van der Waals surface area contributed by atoms with Crippen molar-refractivity contribution in [2.75, 3.05) is 18.0 Å². The first-order valence-corrected chi connectivity index (χ1v) is 8.95. The second kappa shape index (κ2) is 7.66. The highest BCUT2D eigenvalue weighted by Crippen LogP contribution is 2.23. The van der Waals surface area contributed by atoms with Crippen LogP contribution >= 0.6 is 0 Å². The van der Waals surface area contributed by atoms with E-state index >= 15 is 0 Å². The zero-order chi connectivity index (χ0) is 16.1. The lowest BCUT2D eigenvalue weighted by molar-refractivity contribution is 0.228. The van der Waals surface area contributed by atoms with Gasteiger partial charge in [0.15, 0.2) is 0 Å². The number of anilines is 1. The molecule has 2 amide bonds. The average Bonchev–Trinajstić information content (AvgIpc) is 3.10. The minimum Gasteiger partial charge on any atom is -0.357 e. The fourth-order valence-corrected chi connectivity index (χ4v) is 3.51. The summed E-state index contributed by atoms with van der Waals surface area (Å²) in [6.45, 7) is 5.02. The smallest absolute Gasteiger partial charge is 0.315 e. The summed E-state index contributed by atoms with van der Waals surface area (Å²) in [6.07, 6.45) is 8.96. The van der Waals surface area contributed by atoms with Crippen molar-refractivity contribution >= 4 is 11.8 Å². The molecule has 0 aromatic carbocycles. The predicted octanol–water partition coefficient (Wildman–Crippen LogP) is 3.06. The van der Waals surface area contributed by atoms with E-state index in [-0.39, 0.29) is 6.03 Å². The lowest BCUT2D eigenvalue weighted by atomic mass is 9.87. The van der Waals surface area contributed by atoms with Crippen LogP contribution < -0.4 is 15.5 Å². The molecule has 1 saturated carbocycles. The quantitative estimate of drug-likeness (QED) is 0.897. The molecular weight excluding hydrogens is 288 g/mol. The predicted molar refractivity (Wildman–Crippen MR) is 92.5 cm³/mol. The molecule has 2 heterocycles. The summed E-state index contributed by atoms with van der Waals surface area (Å²) in [6, 6.07) is 4.35. The Morgan fingerprint density at radius 2 is 2.00 bits per heavy atom. The van der Waals surface area contributed by atoms with E-state index in [2.05, 4.69) is 33.5 Å². The van der Waals surface area contributed by atoms with E-state index in [4.69, 9.17) is 0 Å². The molecule has 23 heavy (non-hydrogen) atoms. The van der Waals surface area contributed by atoms with Crippen molar-refractivity contribution < 1.29 is 4.79 Å². The van der Waals surface area contributed by atoms with Gasteiger partial charge in [0, 0.05) is 31.9 Å². The largest absolute Gasteiger partial charge is 0.357 e. The summed E-state index contributed by atoms with van der Waals surface area (Å²) < 4.78 is 0. The second-order valence-corrected chi connectivity index (χ2v) is 7.00. The van der Waals surface area contributed by atoms with Gasteiger partial charge in [-0.25, -0.2) is 9.78 Å². The number of urea groups is 1. The number of amides is 2. The molecule has 1 saturated heterocycles. The second-order valence-electron chi connectivity index (χ2n) is 7.00. The third kappa shape index (κ3) is 4.60. The number of carbonyl (C=O) groups is 1. The Hall–Kier alpha value is -1.78. The zero-order valence-corrected chi connectivity index (χ0v) is 14.1. The van der Waals surface area contributed by atoms with Crippen LogP contribution in [0.4, 0.5) is 10.6 Å². The van der Waals surface area contributed by atoms with Crippen LogP contribution in [-0.4, -0.2) is 30.1 Å². The van der Waals surface area contributed by atoms with Gasteiger partial charge in [-0.3, -0.25) is 0 Å². The van der Waals surface area contributed by atoms with Crippen molar-refractivity contribution in [1.29, 1.82) is 0 Å². The number of pyridine rings is 1. The summed E-state index contributed by atoms with van der Waals surface area (Å²) in [5.41, 5.74) is 1.11. The van der Waals surface area contributed by atoms with Gasteiger partial charge in [0.1, 0.15) is 5.82 Å². The van der Waals surface area contributed by atoms with Crippen LogP contribution in [0, 0.1) is 5.92 Å². The van der Waals surface area contributed by atoms with Gasteiger partial charge >= 0.3 is 6.03 Å². The number of nitrogens with one attached hydrogen (secondary N) is 2. The van der Waals surface area contributed by atoms with Gasteiger partial charge in [-0.2, -0.15) is 0 Å². The highest BCUT2D eigenvalue weighted by atomic mass is 16.2. The van der Waals surface area contributed by atoms with E-state index in [9.17, 15) is 4.79 Å². The van der Waals surface area contributed by atoms with Gasteiger partial charge in [0.05, 0.1) is 0 Å². The molecule has 1 aromatic rings. The number of aromatic nitrogens is 1. The summed E-state index contributed by atoms with van der Waals surface area (Å²) in [5, 5.41) is 6.08. The van der Waals surface area contributed by atoms with E-state index in [1.54, 1.807) is 0 Å². The monoisotopic (exact) mass is 316 g/mol. The molecular formula is C18H28N4O. The molecule has 2 N–H and O–H groups in total. The van der Waals surface area contributed by atoms with Gasteiger partial charge in [0.25, 0.3) is 0 Å². The van der Waals surface area contributed by atoms with Crippen LogP contribution in [0.2, 0.25) is 0 Å². The SMILES string of the molecule is CC1CCC(NC(=O)NCc2ccnc(N3CCCC3)c2)CC1. The Morgan fingerprint density at radius 3 is 2.74 bits per heavy atom. The molecule has 0 atom stereocenters. The molecule has 0 bridgehead atoms. The maximum absolute atomic E-state index is 12.1. The van der Waals surface area contributed by atoms with Crippen LogP contribution in [0.3, 0.4) is 0 Å². The van der Waals surface area contributed by atoms with Gasteiger partial charge in [-0.15, -0.1) is 0 Å². The first-order chi connectivity index (χ1) is 11.2. The van der Waals surface area contributed by atoms with Crippen LogP contribution in [0.5, 0.6) is 0 Å². The van der Waals surface area contributed by atoms with E-state index in [1.807, 2.05) is 12.3 Å². The Kier molecular flexibility index (Phi) is 5.36. The van der Waals surface area contributed by atoms with E-state index in [1.165, 1.54) is 25.7 Å². The molecule has 0 spiro atoms. The standard InChI is InChI=1S/C18H28N4O/c1-14-4-6-16(7-5-14)21-18(23)20-13-15-8-9-19-17(12-15)22-10-2-3-11-22/h8-9,12,14,16H,2-7,10-11,13H2,1H3,(H2,20,21,23). The molecule has 126 valence electrons. The average molecular weight is 316 g/mol. The maximum Gasteiger partial charge on any atom is 0.315 e. The Bertz CT molecular complexity index is 520. The van der Waals surface area contributed by atoms with Crippen LogP contribution in [-0.2, 0) is 6.54 Å². The van der Waals surface area contributed by atoms with Gasteiger partial charge < -0.3 is 15.5 Å². The molecule has 3 rings (SSSR count). The number of nitrogens with zero attached hydrogens (tertiary/aromatic N) is 2. The fraction of sp³-hybridized carbons (Fsp3) is 0.667. The topological polar surface area (TPSA) is 57.3 Å². The van der Waals surface area contributed by atoms with Gasteiger partial charge in [0.2, 0.25) is 0 Å². The summed E-state index contributed by atoms with van der Waals surface area (Å²) in [7, 11) is 0. The number of hydrogen-bond acceptors (Lipinski definition) is 3. The lowest BCUT2D eigenvalue weighted by Crippen LogP contribution is -2.43. The Labute approximate surface area is 138 Å². The zero-order valence-electron chi connectivity index (χ0n) is 14.1. The number of carbonyl (C=O) groups excluding carboxylic acids is 1. The van der Waals surface area contributed by atoms with Gasteiger partial charge in [-0.1, -0.05) is 6.92 Å². The van der Waals surface area contributed by atoms with Crippen molar-refractivity contribution in [1.82, 2.24) is 15.6 Å². The molecule has 1 aliphatic carbocycles. The van der Waals surface area contributed by atoms with E-state index in [0.29, 0.717) is 12.6 Å². The first-order valence-electron chi connectivity index (χ1n) is 8.95. The third-order valence-corrected chi connectivity index (χ3v) is 5.04. The molecule has 5 nitrogen and oxygen atoms in total. The highest BCUT2D eigenvalue weighted by Gasteiger charge is 2.19. The molecule has 0 radical (unpaired) electrons. The van der Waals surface area contributed by atoms with Crippen molar-refractivity contribution in [3.8, 4) is 0 Å². The highest BCUT2D eigenvalue weighted by molar-refractivity contribution is 5.74. The van der Waals surface area contributed by atoms with E-state index in [0.717, 1.165) is 43.2 Å². The van der Waals surface area contributed by atoms with Crippen molar-refractivity contribution in [2.24, 2.45) is 5.92 Å². The molecule has 2 aliphatic rings. The summed E-state index contributed by atoms with van der Waals surface area (Å²) in [4.78, 5) is 18.8. The van der Waals surface area contributed by atoms with Crippen LogP contribution in [0.1, 0.15) is 51.0 Å². The number of hydrogen-bond donors (Lipinski definition) is 2. The maximum atomic E-state index is 12.1. The van der Waals surface area contributed by atoms with Crippen LogP contribution in [0.25, 0.3) is 0 Å². The summed E-state index contributed by atoms with van der Waals surface area (Å²) >= 11 is 0. The van der Waals surface area contributed by atoms with E-state index < -0.39 is 0 Å². The normalized spacial score (nSPS) is 24.5. The van der Waals surface area contributed by atoms with Gasteiger partial charge in [-0.05, 0) is 62.1 Å². The van der Waals surface area contributed by atoms with Crippen molar-refractivity contribution in [3.63, 3.8) is 0 Å². The Morgan fingerprint density at radius 1 is 1.26 bits per heavy atom. The molecule has 1 aromatic heterocycles. The minimum absolute atomic E-state index is 0.0518. The van der Waals surface area contributed by atoms with Crippen molar-refractivity contribution in [3.05, 3.63) is 23.9 Å². The molecule has 5 heteroatoms. The third-order valence-electron chi connectivity index (χ3n) is 5.04. The van der Waals surface area contributed by atoms with Crippen LogP contribution in [0.15, 0.2) is 18.3 Å². The molecule has 2 fully saturated rings. The Balaban J connectivity index is 1.46.